The number of hydrogen-bond donors (Lipinski definition) is 0. The van der Waals surface area contributed by atoms with Gasteiger partial charge in [0, 0.05) is 0 Å². The van der Waals surface area contributed by atoms with Gasteiger partial charge in [-0.2, -0.15) is 0 Å². The van der Waals surface area contributed by atoms with Crippen molar-refractivity contribution in [3.8, 4) is 5.75 Å². The highest BCUT2D eigenvalue weighted by Crippen LogP contribution is 2.46. The molecule has 1 fully saturated rings. The lowest BCUT2D eigenvalue weighted by atomic mass is 9.83. The highest BCUT2D eigenvalue weighted by molar-refractivity contribution is 6.33. The number of rotatable bonds is 1. The molecule has 2 heteroatoms. The molecule has 1 saturated carbocycles. The molecule has 0 aromatic heterocycles. The van der Waals surface area contributed by atoms with Crippen LogP contribution in [0.1, 0.15) is 41.9 Å². The first-order valence-electron chi connectivity index (χ1n) is 5.82. The topological polar surface area (TPSA) is 9.23 Å². The Morgan fingerprint density at radius 2 is 2.20 bits per heavy atom. The summed E-state index contributed by atoms with van der Waals surface area (Å²) in [6.45, 7) is 2.98. The van der Waals surface area contributed by atoms with E-state index < -0.39 is 0 Å². The zero-order valence-corrected chi connectivity index (χ0v) is 9.18. The molecule has 1 aromatic rings. The van der Waals surface area contributed by atoms with Crippen molar-refractivity contribution >= 4 is 13.3 Å². The molecule has 76 valence electrons. The molecule has 2 aliphatic rings. The number of hydrogen-bond acceptors (Lipinski definition) is 1. The van der Waals surface area contributed by atoms with Gasteiger partial charge in [-0.25, -0.2) is 0 Å². The molecule has 1 nitrogen and oxygen atoms in total. The predicted molar refractivity (Wildman–Crippen MR) is 62.4 cm³/mol. The largest absolute Gasteiger partial charge is 0.493 e. The highest BCUT2D eigenvalue weighted by Gasteiger charge is 2.30. The van der Waals surface area contributed by atoms with E-state index in [9.17, 15) is 0 Å². The Balaban J connectivity index is 2.18. The zero-order valence-electron chi connectivity index (χ0n) is 9.18. The Hall–Kier alpha value is -0.915. The Labute approximate surface area is 92.2 Å². The van der Waals surface area contributed by atoms with Crippen LogP contribution < -0.4 is 10.2 Å². The van der Waals surface area contributed by atoms with Crippen LogP contribution in [0.15, 0.2) is 6.07 Å². The molecule has 15 heavy (non-hydrogen) atoms. The van der Waals surface area contributed by atoms with Crippen LogP contribution in [-0.4, -0.2) is 14.5 Å². The summed E-state index contributed by atoms with van der Waals surface area (Å²) in [7, 11) is 6.05. The summed E-state index contributed by atoms with van der Waals surface area (Å²) in [5, 5.41) is 0. The van der Waals surface area contributed by atoms with E-state index in [1.165, 1.54) is 29.5 Å². The number of ether oxygens (including phenoxy) is 1. The first-order chi connectivity index (χ1) is 7.27. The SMILES string of the molecule is [B]c1cc(C2CC2)c2c(c1C)CCCO2. The molecule has 0 spiro atoms. The van der Waals surface area contributed by atoms with Gasteiger partial charge in [0.25, 0.3) is 0 Å². The summed E-state index contributed by atoms with van der Waals surface area (Å²) in [4.78, 5) is 0. The second kappa shape index (κ2) is 3.29. The van der Waals surface area contributed by atoms with Gasteiger partial charge in [-0.05, 0) is 49.7 Å². The molecular formula is C13H15BO. The zero-order chi connectivity index (χ0) is 10.4. The summed E-state index contributed by atoms with van der Waals surface area (Å²) in [6.07, 6.45) is 4.87. The van der Waals surface area contributed by atoms with E-state index in [2.05, 4.69) is 13.0 Å². The fourth-order valence-electron chi connectivity index (χ4n) is 2.45. The van der Waals surface area contributed by atoms with Crippen LogP contribution in [0.2, 0.25) is 0 Å². The van der Waals surface area contributed by atoms with E-state index in [1.54, 1.807) is 0 Å². The monoisotopic (exact) mass is 198 g/mol. The summed E-state index contributed by atoms with van der Waals surface area (Å²) < 4.78 is 5.84. The van der Waals surface area contributed by atoms with Gasteiger partial charge in [-0.1, -0.05) is 17.1 Å². The fraction of sp³-hybridized carbons (Fsp3) is 0.538. The molecule has 0 N–H and O–H groups in total. The summed E-state index contributed by atoms with van der Waals surface area (Å²) in [5.41, 5.74) is 4.91. The van der Waals surface area contributed by atoms with E-state index in [0.717, 1.165) is 36.6 Å². The summed E-state index contributed by atoms with van der Waals surface area (Å²) in [5.74, 6) is 1.88. The van der Waals surface area contributed by atoms with Gasteiger partial charge in [0.1, 0.15) is 13.6 Å². The van der Waals surface area contributed by atoms with Gasteiger partial charge in [0.05, 0.1) is 6.61 Å². The van der Waals surface area contributed by atoms with Crippen LogP contribution in [0.3, 0.4) is 0 Å². The Morgan fingerprint density at radius 3 is 2.93 bits per heavy atom. The molecular weight excluding hydrogens is 183 g/mol. The standard InChI is InChI=1S/C13H15BO/c1-8-10-3-2-6-15-13(10)11(7-12(8)14)9-4-5-9/h7,9H,2-6H2,1H3. The van der Waals surface area contributed by atoms with Gasteiger partial charge >= 0.3 is 0 Å². The van der Waals surface area contributed by atoms with Gasteiger partial charge in [-0.3, -0.25) is 0 Å². The number of benzene rings is 1. The molecule has 1 aliphatic carbocycles. The lowest BCUT2D eigenvalue weighted by molar-refractivity contribution is 0.285. The normalized spacial score (nSPS) is 19.5. The van der Waals surface area contributed by atoms with Gasteiger partial charge in [0.15, 0.2) is 0 Å². The van der Waals surface area contributed by atoms with Crippen molar-refractivity contribution in [2.45, 2.75) is 38.5 Å². The highest BCUT2D eigenvalue weighted by atomic mass is 16.5. The van der Waals surface area contributed by atoms with Gasteiger partial charge in [-0.15, -0.1) is 0 Å². The minimum Gasteiger partial charge on any atom is -0.493 e. The minimum atomic E-state index is 0.722. The second-order valence-electron chi connectivity index (χ2n) is 4.71. The van der Waals surface area contributed by atoms with Crippen molar-refractivity contribution in [1.82, 2.24) is 0 Å². The number of fused-ring (bicyclic) bond motifs is 1. The third-order valence-corrected chi connectivity index (χ3v) is 3.57. The average Bonchev–Trinajstić information content (AvgIpc) is 3.07. The minimum absolute atomic E-state index is 0.722. The average molecular weight is 198 g/mol. The van der Waals surface area contributed by atoms with Crippen molar-refractivity contribution in [3.05, 3.63) is 22.8 Å². The lowest BCUT2D eigenvalue weighted by Gasteiger charge is -2.24. The maximum absolute atomic E-state index is 6.05. The molecule has 1 heterocycles. The third-order valence-electron chi connectivity index (χ3n) is 3.57. The maximum Gasteiger partial charge on any atom is 0.126 e. The Kier molecular flexibility index (Phi) is 2.05. The molecule has 2 radical (unpaired) electrons. The molecule has 1 aliphatic heterocycles. The van der Waals surface area contributed by atoms with Crippen molar-refractivity contribution in [3.63, 3.8) is 0 Å². The fourth-order valence-corrected chi connectivity index (χ4v) is 2.45. The molecule has 0 bridgehead atoms. The molecule has 0 unspecified atom stereocenters. The van der Waals surface area contributed by atoms with Crippen LogP contribution in [-0.2, 0) is 6.42 Å². The van der Waals surface area contributed by atoms with E-state index >= 15 is 0 Å². The second-order valence-corrected chi connectivity index (χ2v) is 4.71. The van der Waals surface area contributed by atoms with Crippen LogP contribution >= 0.6 is 0 Å². The smallest absolute Gasteiger partial charge is 0.126 e. The van der Waals surface area contributed by atoms with Crippen molar-refractivity contribution < 1.29 is 4.74 Å². The van der Waals surface area contributed by atoms with Crippen LogP contribution in [0, 0.1) is 6.92 Å². The van der Waals surface area contributed by atoms with Crippen molar-refractivity contribution in [2.75, 3.05) is 6.61 Å². The van der Waals surface area contributed by atoms with E-state index in [4.69, 9.17) is 12.6 Å². The quantitative estimate of drug-likeness (QED) is 0.627. The van der Waals surface area contributed by atoms with Crippen LogP contribution in [0.4, 0.5) is 0 Å². The first-order valence-corrected chi connectivity index (χ1v) is 5.82. The summed E-state index contributed by atoms with van der Waals surface area (Å²) >= 11 is 0. The molecule has 3 rings (SSSR count). The van der Waals surface area contributed by atoms with Gasteiger partial charge in [0.2, 0.25) is 0 Å². The van der Waals surface area contributed by atoms with Crippen molar-refractivity contribution in [1.29, 1.82) is 0 Å². The maximum atomic E-state index is 6.05. The lowest BCUT2D eigenvalue weighted by Crippen LogP contribution is -2.18. The Bertz CT molecular complexity index is 407. The van der Waals surface area contributed by atoms with E-state index in [0.29, 0.717) is 0 Å². The molecule has 0 atom stereocenters. The van der Waals surface area contributed by atoms with Gasteiger partial charge < -0.3 is 4.74 Å². The molecule has 0 saturated heterocycles. The Morgan fingerprint density at radius 1 is 1.40 bits per heavy atom. The molecule has 1 aromatic carbocycles. The van der Waals surface area contributed by atoms with Crippen molar-refractivity contribution in [2.24, 2.45) is 0 Å². The summed E-state index contributed by atoms with van der Waals surface area (Å²) in [6, 6.07) is 2.14. The van der Waals surface area contributed by atoms with Crippen LogP contribution in [0.5, 0.6) is 5.75 Å². The predicted octanol–water partition coefficient (Wildman–Crippen LogP) is 1.99. The van der Waals surface area contributed by atoms with E-state index in [-0.39, 0.29) is 0 Å². The molecule has 0 amide bonds. The van der Waals surface area contributed by atoms with E-state index in [1.807, 2.05) is 0 Å². The third kappa shape index (κ3) is 1.47. The first kappa shape index (κ1) is 9.32. The van der Waals surface area contributed by atoms with Crippen LogP contribution in [0.25, 0.3) is 0 Å².